The highest BCUT2D eigenvalue weighted by molar-refractivity contribution is 5.22. The average molecular weight is 294 g/mol. The van der Waals surface area contributed by atoms with Crippen molar-refractivity contribution in [3.8, 4) is 0 Å². The van der Waals surface area contributed by atoms with E-state index in [1.165, 1.54) is 5.57 Å². The Balaban J connectivity index is 1.95. The third-order valence-electron chi connectivity index (χ3n) is 6.55. The van der Waals surface area contributed by atoms with Crippen LogP contribution in [0.25, 0.3) is 0 Å². The molecule has 3 rings (SSSR count). The van der Waals surface area contributed by atoms with Crippen molar-refractivity contribution in [2.45, 2.75) is 65.8 Å². The van der Waals surface area contributed by atoms with Crippen LogP contribution in [0.5, 0.6) is 0 Å². The van der Waals surface area contributed by atoms with E-state index in [4.69, 9.17) is 9.47 Å². The molecule has 21 heavy (non-hydrogen) atoms. The maximum Gasteiger partial charge on any atom is 0.163 e. The summed E-state index contributed by atoms with van der Waals surface area (Å²) >= 11 is 0. The lowest BCUT2D eigenvalue weighted by Gasteiger charge is -2.58. The topological polar surface area (TPSA) is 38.7 Å². The first-order valence-electron chi connectivity index (χ1n) is 8.32. The summed E-state index contributed by atoms with van der Waals surface area (Å²) in [6.45, 7) is 12.3. The molecule has 1 saturated heterocycles. The van der Waals surface area contributed by atoms with Crippen LogP contribution in [0, 0.1) is 22.7 Å². The van der Waals surface area contributed by atoms with Crippen molar-refractivity contribution >= 4 is 0 Å². The van der Waals surface area contributed by atoms with Crippen molar-refractivity contribution in [1.29, 1.82) is 0 Å². The molecule has 0 aromatic heterocycles. The monoisotopic (exact) mass is 294 g/mol. The van der Waals surface area contributed by atoms with Crippen molar-refractivity contribution in [3.05, 3.63) is 11.6 Å². The van der Waals surface area contributed by atoms with Crippen LogP contribution in [0.3, 0.4) is 0 Å². The van der Waals surface area contributed by atoms with Crippen LogP contribution >= 0.6 is 0 Å². The number of fused-ring (bicyclic) bond motifs is 3. The minimum Gasteiger partial charge on any atom is -0.393 e. The summed E-state index contributed by atoms with van der Waals surface area (Å²) in [5.74, 6) is 0.436. The third-order valence-corrected chi connectivity index (χ3v) is 6.55. The quantitative estimate of drug-likeness (QED) is 0.695. The Labute approximate surface area is 128 Å². The molecule has 3 nitrogen and oxygen atoms in total. The van der Waals surface area contributed by atoms with Crippen LogP contribution in [0.2, 0.25) is 0 Å². The van der Waals surface area contributed by atoms with Gasteiger partial charge in [0.1, 0.15) is 0 Å². The Morgan fingerprint density at radius 3 is 2.57 bits per heavy atom. The van der Waals surface area contributed by atoms with E-state index >= 15 is 0 Å². The second-order valence-electron chi connectivity index (χ2n) is 8.50. The highest BCUT2D eigenvalue weighted by atomic mass is 16.7. The second-order valence-corrected chi connectivity index (χ2v) is 8.50. The fourth-order valence-electron chi connectivity index (χ4n) is 4.94. The van der Waals surface area contributed by atoms with Gasteiger partial charge in [0.05, 0.1) is 19.3 Å². The maximum absolute atomic E-state index is 10.4. The standard InChI is InChI=1S/C18H30O3/c1-16(2)14-7-6-12-10-20-17(3,4)21-11-13(12)18(14,5)9-8-15(16)19/h6,13-15,19H,7-11H2,1-5H3/t13-,14-,15-,18+/m0/s1. The van der Waals surface area contributed by atoms with Gasteiger partial charge in [0.2, 0.25) is 0 Å². The summed E-state index contributed by atoms with van der Waals surface area (Å²) in [5.41, 5.74) is 1.58. The molecule has 2 aliphatic carbocycles. The highest BCUT2D eigenvalue weighted by Crippen LogP contribution is 2.60. The summed E-state index contributed by atoms with van der Waals surface area (Å²) in [4.78, 5) is 0. The van der Waals surface area contributed by atoms with E-state index < -0.39 is 5.79 Å². The Bertz CT molecular complexity index is 451. The lowest BCUT2D eigenvalue weighted by Crippen LogP contribution is -2.55. The van der Waals surface area contributed by atoms with E-state index in [0.717, 1.165) is 25.9 Å². The molecule has 0 bridgehead atoms. The Kier molecular flexibility index (Phi) is 3.55. The SMILES string of the molecule is CC1(C)OCC2=CC[C@H]3C(C)(C)[C@@H](O)CC[C@]3(C)[C@H]2CO1. The summed E-state index contributed by atoms with van der Waals surface area (Å²) in [7, 11) is 0. The van der Waals surface area contributed by atoms with E-state index in [9.17, 15) is 5.11 Å². The summed E-state index contributed by atoms with van der Waals surface area (Å²) in [6.07, 6.45) is 5.20. The molecule has 3 heteroatoms. The van der Waals surface area contributed by atoms with Crippen LogP contribution in [0.1, 0.15) is 53.9 Å². The van der Waals surface area contributed by atoms with E-state index in [1.807, 2.05) is 13.8 Å². The first-order chi connectivity index (χ1) is 9.67. The molecule has 1 saturated carbocycles. The molecule has 0 aromatic rings. The van der Waals surface area contributed by atoms with E-state index in [-0.39, 0.29) is 16.9 Å². The fraction of sp³-hybridized carbons (Fsp3) is 0.889. The zero-order valence-corrected chi connectivity index (χ0v) is 14.1. The minimum atomic E-state index is -0.492. The first-order valence-corrected chi connectivity index (χ1v) is 8.32. The molecule has 4 atom stereocenters. The molecule has 0 amide bonds. The molecule has 0 spiro atoms. The first kappa shape index (κ1) is 15.5. The Morgan fingerprint density at radius 2 is 1.86 bits per heavy atom. The molecule has 0 radical (unpaired) electrons. The summed E-state index contributed by atoms with van der Waals surface area (Å²) in [5, 5.41) is 10.4. The molecular formula is C18H30O3. The van der Waals surface area contributed by atoms with Gasteiger partial charge >= 0.3 is 0 Å². The minimum absolute atomic E-state index is 0.0301. The van der Waals surface area contributed by atoms with Gasteiger partial charge in [-0.1, -0.05) is 26.8 Å². The van der Waals surface area contributed by atoms with Gasteiger partial charge < -0.3 is 14.6 Å². The van der Waals surface area contributed by atoms with E-state index in [0.29, 0.717) is 18.4 Å². The normalized spacial score (nSPS) is 45.0. The van der Waals surface area contributed by atoms with Crippen LogP contribution in [0.4, 0.5) is 0 Å². The molecular weight excluding hydrogens is 264 g/mol. The Hall–Kier alpha value is -0.380. The van der Waals surface area contributed by atoms with Crippen molar-refractivity contribution in [1.82, 2.24) is 0 Å². The molecule has 1 aliphatic heterocycles. The molecule has 0 aromatic carbocycles. The van der Waals surface area contributed by atoms with Crippen LogP contribution in [-0.2, 0) is 9.47 Å². The molecule has 120 valence electrons. The van der Waals surface area contributed by atoms with Crippen LogP contribution in [0.15, 0.2) is 11.6 Å². The van der Waals surface area contributed by atoms with Gasteiger partial charge in [0.15, 0.2) is 5.79 Å². The van der Waals surface area contributed by atoms with Gasteiger partial charge in [0.25, 0.3) is 0 Å². The zero-order valence-electron chi connectivity index (χ0n) is 14.1. The van der Waals surface area contributed by atoms with Crippen molar-refractivity contribution in [2.24, 2.45) is 22.7 Å². The predicted molar refractivity (Wildman–Crippen MR) is 82.8 cm³/mol. The van der Waals surface area contributed by atoms with E-state index in [1.54, 1.807) is 0 Å². The third kappa shape index (κ3) is 2.38. The lowest BCUT2D eigenvalue weighted by molar-refractivity contribution is -0.206. The van der Waals surface area contributed by atoms with Crippen molar-refractivity contribution in [2.75, 3.05) is 13.2 Å². The van der Waals surface area contributed by atoms with Crippen LogP contribution < -0.4 is 0 Å². The summed E-state index contributed by atoms with van der Waals surface area (Å²) < 4.78 is 12.0. The number of hydrogen-bond acceptors (Lipinski definition) is 3. The number of allylic oxidation sites excluding steroid dienone is 1. The smallest absolute Gasteiger partial charge is 0.163 e. The van der Waals surface area contributed by atoms with Gasteiger partial charge in [0, 0.05) is 5.92 Å². The molecule has 1 heterocycles. The predicted octanol–water partition coefficient (Wildman–Crippen LogP) is 3.52. The van der Waals surface area contributed by atoms with Gasteiger partial charge in [-0.25, -0.2) is 0 Å². The molecule has 3 aliphatic rings. The summed E-state index contributed by atoms with van der Waals surface area (Å²) in [6, 6.07) is 0. The van der Waals surface area contributed by atoms with Gasteiger partial charge in [-0.2, -0.15) is 0 Å². The van der Waals surface area contributed by atoms with Gasteiger partial charge in [-0.3, -0.25) is 0 Å². The Morgan fingerprint density at radius 1 is 1.14 bits per heavy atom. The number of hydrogen-bond donors (Lipinski definition) is 1. The largest absolute Gasteiger partial charge is 0.393 e. The number of ether oxygens (including phenoxy) is 2. The second kappa shape index (κ2) is 4.81. The number of aliphatic hydroxyl groups is 1. The number of aliphatic hydroxyl groups excluding tert-OH is 1. The molecule has 0 unspecified atom stereocenters. The van der Waals surface area contributed by atoms with Crippen molar-refractivity contribution < 1.29 is 14.6 Å². The maximum atomic E-state index is 10.4. The molecule has 2 fully saturated rings. The average Bonchev–Trinajstić information content (AvgIpc) is 2.55. The van der Waals surface area contributed by atoms with Crippen molar-refractivity contribution in [3.63, 3.8) is 0 Å². The van der Waals surface area contributed by atoms with Crippen LogP contribution in [-0.4, -0.2) is 30.2 Å². The fourth-order valence-corrected chi connectivity index (χ4v) is 4.94. The lowest BCUT2D eigenvalue weighted by atomic mass is 9.48. The van der Waals surface area contributed by atoms with Gasteiger partial charge in [-0.15, -0.1) is 0 Å². The highest BCUT2D eigenvalue weighted by Gasteiger charge is 2.56. The zero-order chi connectivity index (χ0) is 15.5. The number of rotatable bonds is 0. The van der Waals surface area contributed by atoms with Gasteiger partial charge in [-0.05, 0) is 55.4 Å². The molecule has 1 N–H and O–H groups in total. The van der Waals surface area contributed by atoms with E-state index in [2.05, 4.69) is 26.8 Å².